The van der Waals surface area contributed by atoms with E-state index in [0.717, 1.165) is 16.6 Å². The molecule has 0 N–H and O–H groups in total. The number of nitrogens with zero attached hydrogens (tertiary/aromatic N) is 1. The van der Waals surface area contributed by atoms with E-state index in [4.69, 9.17) is 14.5 Å². The summed E-state index contributed by atoms with van der Waals surface area (Å²) in [5.74, 6) is 0. The summed E-state index contributed by atoms with van der Waals surface area (Å²) < 4.78 is 15.6. The summed E-state index contributed by atoms with van der Waals surface area (Å²) in [4.78, 5) is 5.37. The van der Waals surface area contributed by atoms with Crippen LogP contribution in [0.25, 0.3) is 52.6 Å². The summed E-state index contributed by atoms with van der Waals surface area (Å²) in [7, 11) is 0. The third-order valence-corrected chi connectivity index (χ3v) is 8.90. The monoisotopic (exact) mass is 463 g/mol. The highest BCUT2D eigenvalue weighted by Gasteiger charge is 2.50. The van der Waals surface area contributed by atoms with E-state index in [2.05, 4.69) is 100 Å². The van der Waals surface area contributed by atoms with Crippen molar-refractivity contribution in [1.29, 1.82) is 0 Å². The van der Waals surface area contributed by atoms with Crippen LogP contribution in [0.4, 0.5) is 0 Å². The van der Waals surface area contributed by atoms with Crippen molar-refractivity contribution in [3.63, 3.8) is 0 Å². The van der Waals surface area contributed by atoms with Gasteiger partial charge in [-0.05, 0) is 44.5 Å². The Balaban J connectivity index is 1.70. The molecule has 0 radical (unpaired) electrons. The maximum atomic E-state index is 6.49. The van der Waals surface area contributed by atoms with Crippen molar-refractivity contribution in [3.05, 3.63) is 78.5 Å². The van der Waals surface area contributed by atoms with E-state index in [9.17, 15) is 0 Å². The van der Waals surface area contributed by atoms with Crippen LogP contribution in [0, 0.1) is 0 Å². The molecule has 0 atom stereocenters. The van der Waals surface area contributed by atoms with Gasteiger partial charge in [0, 0.05) is 36.3 Å². The molecule has 0 unspecified atom stereocenters. The van der Waals surface area contributed by atoms with Gasteiger partial charge in [0.05, 0.1) is 16.7 Å². The van der Waals surface area contributed by atoms with Gasteiger partial charge in [-0.2, -0.15) is 0 Å². The van der Waals surface area contributed by atoms with Crippen molar-refractivity contribution in [3.8, 4) is 0 Å². The highest BCUT2D eigenvalue weighted by Crippen LogP contribution is 2.49. The average Bonchev–Trinajstić information content (AvgIpc) is 3.32. The molecule has 0 aliphatic carbocycles. The minimum Gasteiger partial charge on any atom is -0.338 e. The van der Waals surface area contributed by atoms with Crippen molar-refractivity contribution in [2.45, 2.75) is 45.2 Å². The standard InChI is InChI=1S/C30H25NO2S/c1-29(2)30(3,4)33-28(32-29)25-19-13-7-5-11-17(19)23-18-12-6-8-14-20(18)27-24(26(23)31-25)21-15-9-10-16-22(21)34-27/h5-16,28H,1-4H3. The molecule has 0 amide bonds. The first-order valence-corrected chi connectivity index (χ1v) is 12.6. The second-order valence-corrected chi connectivity index (χ2v) is 11.3. The highest BCUT2D eigenvalue weighted by molar-refractivity contribution is 7.27. The molecule has 6 aromatic rings. The molecule has 3 nitrogen and oxygen atoms in total. The number of ether oxygens (including phenoxy) is 2. The van der Waals surface area contributed by atoms with E-state index in [-0.39, 0.29) is 0 Å². The third-order valence-electron chi connectivity index (χ3n) is 7.69. The predicted molar refractivity (Wildman–Crippen MR) is 143 cm³/mol. The lowest BCUT2D eigenvalue weighted by atomic mass is 9.90. The Labute approximate surface area is 201 Å². The van der Waals surface area contributed by atoms with Crippen molar-refractivity contribution < 1.29 is 9.47 Å². The van der Waals surface area contributed by atoms with Gasteiger partial charge in [0.2, 0.25) is 6.29 Å². The summed E-state index contributed by atoms with van der Waals surface area (Å²) in [6.45, 7) is 8.37. The lowest BCUT2D eigenvalue weighted by Crippen LogP contribution is -2.41. The number of aromatic nitrogens is 1. The fourth-order valence-electron chi connectivity index (χ4n) is 5.25. The molecule has 1 aliphatic rings. The molecule has 4 heteroatoms. The number of fused-ring (bicyclic) bond motifs is 10. The van der Waals surface area contributed by atoms with Gasteiger partial charge in [0.25, 0.3) is 0 Å². The molecule has 168 valence electrons. The fourth-order valence-corrected chi connectivity index (χ4v) is 6.49. The Morgan fingerprint density at radius 1 is 0.647 bits per heavy atom. The minimum atomic E-state index is -0.522. The van der Waals surface area contributed by atoms with E-state index in [1.54, 1.807) is 0 Å². The lowest BCUT2D eigenvalue weighted by Gasteiger charge is -2.30. The van der Waals surface area contributed by atoms with Gasteiger partial charge in [-0.25, -0.2) is 4.98 Å². The van der Waals surface area contributed by atoms with E-state index in [1.165, 1.54) is 41.7 Å². The van der Waals surface area contributed by atoms with Gasteiger partial charge in [0.1, 0.15) is 5.69 Å². The lowest BCUT2D eigenvalue weighted by molar-refractivity contribution is -0.0910. The van der Waals surface area contributed by atoms with Gasteiger partial charge in [0.15, 0.2) is 0 Å². The fraction of sp³-hybridized carbons (Fsp3) is 0.233. The second-order valence-electron chi connectivity index (χ2n) is 10.2. The van der Waals surface area contributed by atoms with Crippen LogP contribution in [-0.4, -0.2) is 16.2 Å². The topological polar surface area (TPSA) is 31.4 Å². The third kappa shape index (κ3) is 2.62. The zero-order valence-corrected chi connectivity index (χ0v) is 20.5. The van der Waals surface area contributed by atoms with Crippen LogP contribution in [0.1, 0.15) is 39.7 Å². The van der Waals surface area contributed by atoms with E-state index in [1.807, 2.05) is 11.3 Å². The summed E-state index contributed by atoms with van der Waals surface area (Å²) in [6.07, 6.45) is -0.522. The van der Waals surface area contributed by atoms with Gasteiger partial charge in [-0.3, -0.25) is 0 Å². The summed E-state index contributed by atoms with van der Waals surface area (Å²) in [5.41, 5.74) is 1.02. The molecule has 4 aromatic carbocycles. The molecule has 0 bridgehead atoms. The maximum Gasteiger partial charge on any atom is 0.203 e. The number of hydrogen-bond acceptors (Lipinski definition) is 4. The molecule has 1 aliphatic heterocycles. The smallest absolute Gasteiger partial charge is 0.203 e. The van der Waals surface area contributed by atoms with Crippen LogP contribution < -0.4 is 0 Å². The molecule has 34 heavy (non-hydrogen) atoms. The van der Waals surface area contributed by atoms with E-state index < -0.39 is 17.5 Å². The predicted octanol–water partition coefficient (Wildman–Crippen LogP) is 8.51. The molecule has 3 heterocycles. The van der Waals surface area contributed by atoms with Crippen LogP contribution in [0.15, 0.2) is 72.8 Å². The Morgan fingerprint density at radius 2 is 1.18 bits per heavy atom. The van der Waals surface area contributed by atoms with Crippen molar-refractivity contribution >= 4 is 64.0 Å². The minimum absolute atomic E-state index is 0.427. The molecule has 1 saturated heterocycles. The summed E-state index contributed by atoms with van der Waals surface area (Å²) >= 11 is 1.85. The molecule has 1 fully saturated rings. The first kappa shape index (κ1) is 20.3. The van der Waals surface area contributed by atoms with Crippen molar-refractivity contribution in [2.75, 3.05) is 0 Å². The normalized spacial score (nSPS) is 18.1. The number of thiophene rings is 1. The van der Waals surface area contributed by atoms with Crippen molar-refractivity contribution in [1.82, 2.24) is 4.98 Å². The number of pyridine rings is 1. The zero-order valence-electron chi connectivity index (χ0n) is 19.7. The summed E-state index contributed by atoms with van der Waals surface area (Å²) in [5, 5.41) is 8.45. The van der Waals surface area contributed by atoms with Crippen LogP contribution in [-0.2, 0) is 9.47 Å². The van der Waals surface area contributed by atoms with E-state index >= 15 is 0 Å². The van der Waals surface area contributed by atoms with Gasteiger partial charge < -0.3 is 9.47 Å². The van der Waals surface area contributed by atoms with Crippen LogP contribution in [0.2, 0.25) is 0 Å². The second kappa shape index (κ2) is 6.76. The Kier molecular flexibility index (Phi) is 4.04. The molecule has 0 spiro atoms. The first-order chi connectivity index (χ1) is 16.4. The average molecular weight is 464 g/mol. The maximum absolute atomic E-state index is 6.49. The largest absolute Gasteiger partial charge is 0.338 e. The van der Waals surface area contributed by atoms with Crippen LogP contribution in [0.5, 0.6) is 0 Å². The number of hydrogen-bond donors (Lipinski definition) is 0. The molecule has 2 aromatic heterocycles. The quantitative estimate of drug-likeness (QED) is 0.229. The van der Waals surface area contributed by atoms with Crippen LogP contribution >= 0.6 is 11.3 Å². The number of rotatable bonds is 1. The number of benzene rings is 4. The van der Waals surface area contributed by atoms with Crippen molar-refractivity contribution in [2.24, 2.45) is 0 Å². The first-order valence-electron chi connectivity index (χ1n) is 11.8. The Hall–Kier alpha value is -3.05. The Bertz CT molecular complexity index is 1760. The molecular formula is C30H25NO2S. The molecule has 7 rings (SSSR count). The van der Waals surface area contributed by atoms with Gasteiger partial charge in [-0.15, -0.1) is 11.3 Å². The highest BCUT2D eigenvalue weighted by atomic mass is 32.1. The van der Waals surface area contributed by atoms with E-state index in [0.29, 0.717) is 0 Å². The molecule has 0 saturated carbocycles. The van der Waals surface area contributed by atoms with Gasteiger partial charge >= 0.3 is 0 Å². The van der Waals surface area contributed by atoms with Gasteiger partial charge in [-0.1, -0.05) is 66.7 Å². The zero-order chi connectivity index (χ0) is 23.2. The SMILES string of the molecule is CC1(C)OC(c2nc3c(c4ccccc24)c2ccccc2c2sc4ccccc4c32)OC1(C)C. The Morgan fingerprint density at radius 3 is 1.85 bits per heavy atom. The summed E-state index contributed by atoms with van der Waals surface area (Å²) in [6, 6.07) is 25.9. The van der Waals surface area contributed by atoms with Crippen LogP contribution in [0.3, 0.4) is 0 Å². The molecular weight excluding hydrogens is 438 g/mol.